The highest BCUT2D eigenvalue weighted by molar-refractivity contribution is 5.01. The van der Waals surface area contributed by atoms with Gasteiger partial charge in [-0.3, -0.25) is 4.90 Å². The second kappa shape index (κ2) is 6.73. The third-order valence-corrected chi connectivity index (χ3v) is 5.35. The molecule has 2 N–H and O–H groups in total. The van der Waals surface area contributed by atoms with Gasteiger partial charge in [-0.1, -0.05) is 13.8 Å². The molecule has 0 aromatic rings. The van der Waals surface area contributed by atoms with Crippen LogP contribution in [0.4, 0.5) is 0 Å². The first-order chi connectivity index (χ1) is 9.57. The standard InChI is InChI=1S/C16H32N2O2/c1-4-15(3)12-16(13-17,8-10-20-15)18(5-2)11-14-7-6-9-19-14/h14H,4-13,17H2,1-3H3. The van der Waals surface area contributed by atoms with Crippen molar-refractivity contribution in [2.75, 3.05) is 32.8 Å². The van der Waals surface area contributed by atoms with Gasteiger partial charge in [0.1, 0.15) is 0 Å². The maximum Gasteiger partial charge on any atom is 0.0703 e. The van der Waals surface area contributed by atoms with Crippen LogP contribution >= 0.6 is 0 Å². The highest BCUT2D eigenvalue weighted by atomic mass is 16.5. The maximum absolute atomic E-state index is 6.23. The Hall–Kier alpha value is -0.160. The lowest BCUT2D eigenvalue weighted by atomic mass is 9.77. The molecule has 3 unspecified atom stereocenters. The smallest absolute Gasteiger partial charge is 0.0703 e. The zero-order chi connectivity index (χ0) is 14.6. The van der Waals surface area contributed by atoms with Gasteiger partial charge in [-0.25, -0.2) is 0 Å². The minimum absolute atomic E-state index is 0.0262. The van der Waals surface area contributed by atoms with Gasteiger partial charge in [-0.2, -0.15) is 0 Å². The summed E-state index contributed by atoms with van der Waals surface area (Å²) in [5.41, 5.74) is 6.29. The van der Waals surface area contributed by atoms with Crippen molar-refractivity contribution in [3.8, 4) is 0 Å². The Morgan fingerprint density at radius 3 is 2.65 bits per heavy atom. The highest BCUT2D eigenvalue weighted by Gasteiger charge is 2.45. The fourth-order valence-corrected chi connectivity index (χ4v) is 3.82. The van der Waals surface area contributed by atoms with Crippen LogP contribution in [0.5, 0.6) is 0 Å². The Bertz CT molecular complexity index is 307. The van der Waals surface area contributed by atoms with E-state index < -0.39 is 0 Å². The summed E-state index contributed by atoms with van der Waals surface area (Å²) in [4.78, 5) is 2.57. The average Bonchev–Trinajstić information content (AvgIpc) is 2.97. The molecular formula is C16H32N2O2. The quantitative estimate of drug-likeness (QED) is 0.812. The van der Waals surface area contributed by atoms with Crippen molar-refractivity contribution in [2.24, 2.45) is 5.73 Å². The second-order valence-electron chi connectivity index (χ2n) is 6.68. The van der Waals surface area contributed by atoms with E-state index in [-0.39, 0.29) is 11.1 Å². The van der Waals surface area contributed by atoms with Crippen molar-refractivity contribution in [2.45, 2.75) is 70.1 Å². The first kappa shape index (κ1) is 16.2. The fourth-order valence-electron chi connectivity index (χ4n) is 3.82. The predicted octanol–water partition coefficient (Wildman–Crippen LogP) is 2.16. The maximum atomic E-state index is 6.23. The molecule has 2 rings (SSSR count). The molecule has 0 bridgehead atoms. The van der Waals surface area contributed by atoms with Crippen molar-refractivity contribution >= 4 is 0 Å². The Kier molecular flexibility index (Phi) is 5.46. The van der Waals surface area contributed by atoms with Crippen LogP contribution in [0, 0.1) is 0 Å². The van der Waals surface area contributed by atoms with E-state index in [2.05, 4.69) is 25.7 Å². The number of hydrogen-bond acceptors (Lipinski definition) is 4. The number of likely N-dealkylation sites (N-methyl/N-ethyl adjacent to an activating group) is 1. The molecule has 0 saturated carbocycles. The van der Waals surface area contributed by atoms with Crippen molar-refractivity contribution in [3.05, 3.63) is 0 Å². The van der Waals surface area contributed by atoms with Crippen LogP contribution in [0.1, 0.15) is 52.9 Å². The van der Waals surface area contributed by atoms with Crippen LogP contribution in [-0.4, -0.2) is 55.0 Å². The van der Waals surface area contributed by atoms with E-state index in [1.807, 2.05) is 0 Å². The first-order valence-corrected chi connectivity index (χ1v) is 8.28. The SMILES string of the molecule is CCN(CC1CCCO1)C1(CN)CCOC(C)(CC)C1. The van der Waals surface area contributed by atoms with E-state index in [1.54, 1.807) is 0 Å². The molecule has 2 saturated heterocycles. The molecule has 2 fully saturated rings. The van der Waals surface area contributed by atoms with Gasteiger partial charge in [0, 0.05) is 31.8 Å². The minimum atomic E-state index is -0.0262. The summed E-state index contributed by atoms with van der Waals surface area (Å²) in [5, 5.41) is 0. The molecule has 0 aliphatic carbocycles. The normalized spacial score (nSPS) is 38.5. The number of hydrogen-bond donors (Lipinski definition) is 1. The van der Waals surface area contributed by atoms with Gasteiger partial charge < -0.3 is 15.2 Å². The summed E-state index contributed by atoms with van der Waals surface area (Å²) in [7, 11) is 0. The highest BCUT2D eigenvalue weighted by Crippen LogP contribution is 2.38. The monoisotopic (exact) mass is 284 g/mol. The molecule has 0 aromatic carbocycles. The van der Waals surface area contributed by atoms with Gasteiger partial charge in [0.2, 0.25) is 0 Å². The number of rotatable bonds is 6. The molecule has 2 aliphatic rings. The Morgan fingerprint density at radius 1 is 1.30 bits per heavy atom. The molecule has 20 heavy (non-hydrogen) atoms. The van der Waals surface area contributed by atoms with Gasteiger partial charge >= 0.3 is 0 Å². The lowest BCUT2D eigenvalue weighted by Crippen LogP contribution is -2.62. The molecule has 2 heterocycles. The molecule has 4 heteroatoms. The lowest BCUT2D eigenvalue weighted by Gasteiger charge is -2.51. The van der Waals surface area contributed by atoms with Crippen LogP contribution < -0.4 is 5.73 Å². The first-order valence-electron chi connectivity index (χ1n) is 8.28. The molecule has 0 radical (unpaired) electrons. The van der Waals surface area contributed by atoms with E-state index >= 15 is 0 Å². The average molecular weight is 284 g/mol. The van der Waals surface area contributed by atoms with Crippen LogP contribution in [0.2, 0.25) is 0 Å². The van der Waals surface area contributed by atoms with E-state index in [0.29, 0.717) is 12.6 Å². The van der Waals surface area contributed by atoms with E-state index in [4.69, 9.17) is 15.2 Å². The largest absolute Gasteiger partial charge is 0.377 e. The third kappa shape index (κ3) is 3.35. The summed E-state index contributed by atoms with van der Waals surface area (Å²) in [6.07, 6.45) is 5.92. The lowest BCUT2D eigenvalue weighted by molar-refractivity contribution is -0.133. The van der Waals surface area contributed by atoms with E-state index in [1.165, 1.54) is 12.8 Å². The number of ether oxygens (including phenoxy) is 2. The van der Waals surface area contributed by atoms with Crippen molar-refractivity contribution in [1.82, 2.24) is 4.90 Å². The van der Waals surface area contributed by atoms with Gasteiger partial charge in [0.25, 0.3) is 0 Å². The Labute approximate surface area is 124 Å². The van der Waals surface area contributed by atoms with Gasteiger partial charge in [-0.05, 0) is 45.6 Å². The zero-order valence-corrected chi connectivity index (χ0v) is 13.5. The van der Waals surface area contributed by atoms with E-state index in [0.717, 1.165) is 45.6 Å². The minimum Gasteiger partial charge on any atom is -0.377 e. The van der Waals surface area contributed by atoms with Crippen molar-refractivity contribution in [3.63, 3.8) is 0 Å². The molecule has 0 aromatic heterocycles. The third-order valence-electron chi connectivity index (χ3n) is 5.35. The van der Waals surface area contributed by atoms with Crippen LogP contribution in [-0.2, 0) is 9.47 Å². The summed E-state index contributed by atoms with van der Waals surface area (Å²) in [6, 6.07) is 0. The van der Waals surface area contributed by atoms with Crippen LogP contribution in [0.15, 0.2) is 0 Å². The van der Waals surface area contributed by atoms with Crippen molar-refractivity contribution < 1.29 is 9.47 Å². The van der Waals surface area contributed by atoms with Gasteiger partial charge in [-0.15, -0.1) is 0 Å². The van der Waals surface area contributed by atoms with Crippen molar-refractivity contribution in [1.29, 1.82) is 0 Å². The Balaban J connectivity index is 2.09. The summed E-state index contributed by atoms with van der Waals surface area (Å²) >= 11 is 0. The van der Waals surface area contributed by atoms with Crippen LogP contribution in [0.25, 0.3) is 0 Å². The summed E-state index contributed by atoms with van der Waals surface area (Å²) in [6.45, 7) is 11.2. The molecule has 0 amide bonds. The molecule has 0 spiro atoms. The molecule has 118 valence electrons. The number of nitrogens with two attached hydrogens (primary N) is 1. The number of nitrogens with zero attached hydrogens (tertiary/aromatic N) is 1. The zero-order valence-electron chi connectivity index (χ0n) is 13.5. The fraction of sp³-hybridized carbons (Fsp3) is 1.00. The summed E-state index contributed by atoms with van der Waals surface area (Å²) in [5.74, 6) is 0. The predicted molar refractivity (Wildman–Crippen MR) is 81.9 cm³/mol. The van der Waals surface area contributed by atoms with E-state index in [9.17, 15) is 0 Å². The van der Waals surface area contributed by atoms with Gasteiger partial charge in [0.05, 0.1) is 11.7 Å². The topological polar surface area (TPSA) is 47.7 Å². The second-order valence-corrected chi connectivity index (χ2v) is 6.68. The van der Waals surface area contributed by atoms with Crippen LogP contribution in [0.3, 0.4) is 0 Å². The molecule has 3 atom stereocenters. The molecule has 4 nitrogen and oxygen atoms in total. The molecular weight excluding hydrogens is 252 g/mol. The summed E-state index contributed by atoms with van der Waals surface area (Å²) < 4.78 is 11.9. The Morgan fingerprint density at radius 2 is 2.10 bits per heavy atom. The molecule has 2 aliphatic heterocycles. The van der Waals surface area contributed by atoms with Gasteiger partial charge in [0.15, 0.2) is 0 Å².